The summed E-state index contributed by atoms with van der Waals surface area (Å²) in [5, 5.41) is 0. The van der Waals surface area contributed by atoms with Gasteiger partial charge in [0.2, 0.25) is 0 Å². The second-order valence-electron chi connectivity index (χ2n) is 5.70. The van der Waals surface area contributed by atoms with Gasteiger partial charge >= 0.3 is 6.09 Å². The molecule has 5 nitrogen and oxygen atoms in total. The Morgan fingerprint density at radius 2 is 1.88 bits per heavy atom. The molecule has 0 heterocycles. The molecule has 0 aromatic carbocycles. The van der Waals surface area contributed by atoms with E-state index in [1.165, 1.54) is 0 Å². The first-order chi connectivity index (χ1) is 7.87. The normalized spacial score (nSPS) is 25.4. The van der Waals surface area contributed by atoms with E-state index in [1.54, 1.807) is 0 Å². The van der Waals surface area contributed by atoms with Crippen molar-refractivity contribution in [2.24, 2.45) is 11.7 Å². The molecule has 0 unspecified atom stereocenters. The molecule has 0 atom stereocenters. The van der Waals surface area contributed by atoms with Gasteiger partial charge in [-0.25, -0.2) is 4.79 Å². The monoisotopic (exact) mass is 244 g/mol. The molecule has 0 aromatic rings. The van der Waals surface area contributed by atoms with Crippen LogP contribution in [0.1, 0.15) is 46.5 Å². The molecule has 5 heteroatoms. The van der Waals surface area contributed by atoms with Gasteiger partial charge in [0, 0.05) is 6.04 Å². The van der Waals surface area contributed by atoms with Gasteiger partial charge in [0.05, 0.1) is 6.61 Å². The van der Waals surface area contributed by atoms with E-state index in [-0.39, 0.29) is 0 Å². The van der Waals surface area contributed by atoms with E-state index in [9.17, 15) is 4.79 Å². The summed E-state index contributed by atoms with van der Waals surface area (Å²) in [6.45, 7) is 5.98. The highest BCUT2D eigenvalue weighted by Crippen LogP contribution is 2.22. The number of nitrogens with two attached hydrogens (primary N) is 1. The third-order valence-electron chi connectivity index (χ3n) is 2.76. The lowest BCUT2D eigenvalue weighted by atomic mass is 9.87. The van der Waals surface area contributed by atoms with Crippen molar-refractivity contribution >= 4 is 6.09 Å². The molecule has 0 aromatic heterocycles. The van der Waals surface area contributed by atoms with E-state index in [4.69, 9.17) is 15.3 Å². The maximum absolute atomic E-state index is 11.3. The predicted octanol–water partition coefficient (Wildman–Crippen LogP) is 1.96. The fourth-order valence-electron chi connectivity index (χ4n) is 1.87. The molecule has 0 radical (unpaired) electrons. The number of nitrogens with one attached hydrogen (secondary N) is 1. The summed E-state index contributed by atoms with van der Waals surface area (Å²) < 4.78 is 5.05. The van der Waals surface area contributed by atoms with Crippen molar-refractivity contribution in [3.63, 3.8) is 0 Å². The number of ether oxygens (including phenoxy) is 1. The number of rotatable bonds is 3. The van der Waals surface area contributed by atoms with Crippen LogP contribution < -0.4 is 11.2 Å². The largest absolute Gasteiger partial charge is 0.442 e. The Hall–Kier alpha value is -0.810. The van der Waals surface area contributed by atoms with E-state index < -0.39 is 11.7 Å². The van der Waals surface area contributed by atoms with Gasteiger partial charge in [0.25, 0.3) is 0 Å². The average molecular weight is 244 g/mol. The van der Waals surface area contributed by atoms with Crippen molar-refractivity contribution in [3.8, 4) is 0 Å². The van der Waals surface area contributed by atoms with E-state index in [0.717, 1.165) is 25.7 Å². The summed E-state index contributed by atoms with van der Waals surface area (Å²) in [7, 11) is 0. The minimum absolute atomic E-state index is 0.338. The van der Waals surface area contributed by atoms with Crippen LogP contribution >= 0.6 is 0 Å². The Morgan fingerprint density at radius 3 is 2.41 bits per heavy atom. The molecular formula is C12H24N2O3. The van der Waals surface area contributed by atoms with E-state index >= 15 is 0 Å². The van der Waals surface area contributed by atoms with Gasteiger partial charge in [-0.1, -0.05) is 0 Å². The van der Waals surface area contributed by atoms with Crippen molar-refractivity contribution < 1.29 is 14.4 Å². The summed E-state index contributed by atoms with van der Waals surface area (Å²) in [6.07, 6.45) is 3.68. The van der Waals surface area contributed by atoms with Crippen molar-refractivity contribution in [2.45, 2.75) is 58.1 Å². The fourth-order valence-corrected chi connectivity index (χ4v) is 1.87. The topological polar surface area (TPSA) is 73.6 Å². The van der Waals surface area contributed by atoms with Gasteiger partial charge in [-0.05, 0) is 52.4 Å². The zero-order chi connectivity index (χ0) is 12.9. The number of hydrogen-bond acceptors (Lipinski definition) is 4. The Balaban J connectivity index is 2.09. The molecule has 3 N–H and O–H groups in total. The highest BCUT2D eigenvalue weighted by molar-refractivity contribution is 5.66. The minimum atomic E-state index is -0.537. The van der Waals surface area contributed by atoms with Gasteiger partial charge in [-0.2, -0.15) is 5.48 Å². The van der Waals surface area contributed by atoms with Crippen molar-refractivity contribution in [3.05, 3.63) is 0 Å². The lowest BCUT2D eigenvalue weighted by molar-refractivity contribution is -0.0216. The highest BCUT2D eigenvalue weighted by Gasteiger charge is 2.20. The molecule has 0 bridgehead atoms. The zero-order valence-corrected chi connectivity index (χ0v) is 11.0. The molecule has 17 heavy (non-hydrogen) atoms. The number of hydroxylamine groups is 1. The van der Waals surface area contributed by atoms with Gasteiger partial charge in [0.1, 0.15) is 5.60 Å². The molecule has 1 aliphatic carbocycles. The second kappa shape index (κ2) is 6.21. The van der Waals surface area contributed by atoms with Crippen molar-refractivity contribution in [2.75, 3.05) is 6.61 Å². The number of amides is 1. The van der Waals surface area contributed by atoms with E-state index in [2.05, 4.69) is 5.48 Å². The Bertz CT molecular complexity index is 243. The smallest absolute Gasteiger partial charge is 0.431 e. The first-order valence-corrected chi connectivity index (χ1v) is 6.23. The fraction of sp³-hybridized carbons (Fsp3) is 0.917. The van der Waals surface area contributed by atoms with E-state index in [1.807, 2.05) is 20.8 Å². The summed E-state index contributed by atoms with van der Waals surface area (Å²) in [5.41, 5.74) is 7.62. The Kier molecular flexibility index (Phi) is 5.21. The van der Waals surface area contributed by atoms with Gasteiger partial charge in [-0.3, -0.25) is 4.84 Å². The lowest BCUT2D eigenvalue weighted by Gasteiger charge is -2.25. The molecule has 0 spiro atoms. The Labute approximate surface area is 103 Å². The summed E-state index contributed by atoms with van der Waals surface area (Å²) in [6, 6.07) is 0.338. The highest BCUT2D eigenvalue weighted by atomic mass is 16.7. The molecule has 0 aliphatic heterocycles. The summed E-state index contributed by atoms with van der Waals surface area (Å²) >= 11 is 0. The maximum Gasteiger partial charge on any atom is 0.431 e. The lowest BCUT2D eigenvalue weighted by Crippen LogP contribution is -2.34. The van der Waals surface area contributed by atoms with Crippen LogP contribution in [0, 0.1) is 5.92 Å². The van der Waals surface area contributed by atoms with Crippen LogP contribution in [0.5, 0.6) is 0 Å². The standard InChI is InChI=1S/C12H24N2O3/c1-12(2,3)17-11(15)14-16-8-9-4-6-10(13)7-5-9/h9-10H,4-8,13H2,1-3H3,(H,14,15). The summed E-state index contributed by atoms with van der Waals surface area (Å²) in [4.78, 5) is 16.4. The van der Waals surface area contributed by atoms with Gasteiger partial charge < -0.3 is 10.5 Å². The van der Waals surface area contributed by atoms with Crippen LogP contribution in [0.2, 0.25) is 0 Å². The van der Waals surface area contributed by atoms with Crippen LogP contribution in [0.25, 0.3) is 0 Å². The maximum atomic E-state index is 11.3. The molecule has 0 saturated heterocycles. The Morgan fingerprint density at radius 1 is 1.29 bits per heavy atom. The zero-order valence-electron chi connectivity index (χ0n) is 11.0. The van der Waals surface area contributed by atoms with Crippen molar-refractivity contribution in [1.29, 1.82) is 0 Å². The second-order valence-corrected chi connectivity index (χ2v) is 5.70. The van der Waals surface area contributed by atoms with E-state index in [0.29, 0.717) is 18.6 Å². The molecule has 1 aliphatic rings. The van der Waals surface area contributed by atoms with Crippen LogP contribution in [-0.2, 0) is 9.57 Å². The van der Waals surface area contributed by atoms with Crippen LogP contribution in [0.4, 0.5) is 4.79 Å². The quantitative estimate of drug-likeness (QED) is 0.744. The van der Waals surface area contributed by atoms with Gasteiger partial charge in [-0.15, -0.1) is 0 Å². The van der Waals surface area contributed by atoms with Crippen LogP contribution in [0.15, 0.2) is 0 Å². The van der Waals surface area contributed by atoms with Gasteiger partial charge in [0.15, 0.2) is 0 Å². The average Bonchev–Trinajstić information content (AvgIpc) is 2.18. The number of carbonyl (C=O) groups is 1. The van der Waals surface area contributed by atoms with Crippen LogP contribution in [0.3, 0.4) is 0 Å². The molecular weight excluding hydrogens is 220 g/mol. The molecule has 1 amide bonds. The first-order valence-electron chi connectivity index (χ1n) is 6.23. The third kappa shape index (κ3) is 6.48. The molecule has 100 valence electrons. The van der Waals surface area contributed by atoms with Crippen molar-refractivity contribution in [1.82, 2.24) is 5.48 Å². The molecule has 1 saturated carbocycles. The minimum Gasteiger partial charge on any atom is -0.442 e. The van der Waals surface area contributed by atoms with Crippen LogP contribution in [-0.4, -0.2) is 24.3 Å². The molecule has 1 fully saturated rings. The predicted molar refractivity (Wildman–Crippen MR) is 65.3 cm³/mol. The molecule has 1 rings (SSSR count). The number of carbonyl (C=O) groups excluding carboxylic acids is 1. The first kappa shape index (κ1) is 14.3. The number of hydrogen-bond donors (Lipinski definition) is 2. The summed E-state index contributed by atoms with van der Waals surface area (Å²) in [5.74, 6) is 0.490. The SMILES string of the molecule is CC(C)(C)OC(=O)NOCC1CCC(N)CC1. The third-order valence-corrected chi connectivity index (χ3v) is 2.76.